The molecule has 0 atom stereocenters. The molecule has 1 heterocycles. The highest BCUT2D eigenvalue weighted by Crippen LogP contribution is 2.12. The van der Waals surface area contributed by atoms with Gasteiger partial charge in [0.2, 0.25) is 5.91 Å². The first kappa shape index (κ1) is 18.7. The Kier molecular flexibility index (Phi) is 6.22. The molecule has 1 aliphatic heterocycles. The summed E-state index contributed by atoms with van der Waals surface area (Å²) in [6, 6.07) is 0. The third kappa shape index (κ3) is 7.11. The highest BCUT2D eigenvalue weighted by Gasteiger charge is 2.27. The highest BCUT2D eigenvalue weighted by atomic mass is 32.2. The predicted octanol–water partition coefficient (Wildman–Crippen LogP) is 0.891. The van der Waals surface area contributed by atoms with E-state index in [1.807, 2.05) is 20.8 Å². The molecule has 0 aliphatic carbocycles. The lowest BCUT2D eigenvalue weighted by Crippen LogP contribution is -2.51. The van der Waals surface area contributed by atoms with E-state index in [9.17, 15) is 18.0 Å². The smallest absolute Gasteiger partial charge is 0.410 e. The maximum Gasteiger partial charge on any atom is 0.410 e. The van der Waals surface area contributed by atoms with Crippen LogP contribution in [0.2, 0.25) is 0 Å². The molecule has 0 saturated carbocycles. The van der Waals surface area contributed by atoms with Crippen LogP contribution < -0.4 is 0 Å². The van der Waals surface area contributed by atoms with Gasteiger partial charge in [0.25, 0.3) is 0 Å². The molecule has 0 spiro atoms. The van der Waals surface area contributed by atoms with Crippen LogP contribution in [0.4, 0.5) is 4.79 Å². The number of nitrogens with zero attached hydrogens (tertiary/aromatic N) is 2. The van der Waals surface area contributed by atoms with Crippen LogP contribution in [0.1, 0.15) is 33.6 Å². The van der Waals surface area contributed by atoms with Gasteiger partial charge in [-0.25, -0.2) is 13.2 Å². The topological polar surface area (TPSA) is 84.0 Å². The van der Waals surface area contributed by atoms with Crippen molar-refractivity contribution in [3.8, 4) is 0 Å². The van der Waals surface area contributed by atoms with E-state index in [4.69, 9.17) is 4.74 Å². The van der Waals surface area contributed by atoms with Crippen molar-refractivity contribution in [2.24, 2.45) is 0 Å². The maximum atomic E-state index is 12.0. The summed E-state index contributed by atoms with van der Waals surface area (Å²) in [7, 11) is -3.03. The molecule has 0 bridgehead atoms. The first-order valence-electron chi connectivity index (χ1n) is 7.41. The van der Waals surface area contributed by atoms with Crippen molar-refractivity contribution in [1.82, 2.24) is 9.80 Å². The minimum absolute atomic E-state index is 0.0244. The van der Waals surface area contributed by atoms with E-state index in [0.29, 0.717) is 32.6 Å². The fourth-order valence-corrected chi connectivity index (χ4v) is 2.78. The standard InChI is InChI=1S/C14H26N2O5S/c1-14(2,3)21-13(18)16-9-7-15(8-10-16)12(17)6-5-11-22(4,19)20/h5-11H2,1-4H3. The number of carbonyl (C=O) groups excluding carboxylic acids is 2. The quantitative estimate of drug-likeness (QED) is 0.762. The summed E-state index contributed by atoms with van der Waals surface area (Å²) in [5.74, 6) is -0.0381. The monoisotopic (exact) mass is 334 g/mol. The molecule has 1 fully saturated rings. The van der Waals surface area contributed by atoms with Gasteiger partial charge in [0.1, 0.15) is 15.4 Å². The predicted molar refractivity (Wildman–Crippen MR) is 83.3 cm³/mol. The van der Waals surface area contributed by atoms with Crippen LogP contribution in [0.25, 0.3) is 0 Å². The Bertz CT molecular complexity index is 502. The Balaban J connectivity index is 2.35. The van der Waals surface area contributed by atoms with Crippen LogP contribution >= 0.6 is 0 Å². The number of hydrogen-bond donors (Lipinski definition) is 0. The van der Waals surface area contributed by atoms with Crippen LogP contribution in [0.5, 0.6) is 0 Å². The maximum absolute atomic E-state index is 12.0. The molecule has 1 rings (SSSR count). The Labute approximate surface area is 132 Å². The molecule has 0 aromatic heterocycles. The van der Waals surface area contributed by atoms with Gasteiger partial charge in [-0.3, -0.25) is 4.79 Å². The normalized spacial score (nSPS) is 16.5. The zero-order chi connectivity index (χ0) is 17.0. The van der Waals surface area contributed by atoms with Crippen LogP contribution in [-0.2, 0) is 19.4 Å². The van der Waals surface area contributed by atoms with E-state index >= 15 is 0 Å². The van der Waals surface area contributed by atoms with Crippen LogP contribution in [-0.4, -0.2) is 74.0 Å². The third-order valence-corrected chi connectivity index (χ3v) is 4.22. The molecule has 1 aliphatic rings. The van der Waals surface area contributed by atoms with E-state index in [2.05, 4.69) is 0 Å². The van der Waals surface area contributed by atoms with Crippen LogP contribution in [0.15, 0.2) is 0 Å². The zero-order valence-corrected chi connectivity index (χ0v) is 14.6. The molecule has 2 amide bonds. The summed E-state index contributed by atoms with van der Waals surface area (Å²) in [4.78, 5) is 27.2. The average molecular weight is 334 g/mol. The van der Waals surface area contributed by atoms with E-state index in [0.717, 1.165) is 6.26 Å². The van der Waals surface area contributed by atoms with E-state index in [1.54, 1.807) is 9.80 Å². The zero-order valence-electron chi connectivity index (χ0n) is 13.8. The summed E-state index contributed by atoms with van der Waals surface area (Å²) in [5, 5.41) is 0. The first-order chi connectivity index (χ1) is 9.98. The number of hydrogen-bond acceptors (Lipinski definition) is 5. The van der Waals surface area contributed by atoms with Gasteiger partial charge in [0.15, 0.2) is 0 Å². The summed E-state index contributed by atoms with van der Waals surface area (Å²) in [5.41, 5.74) is -0.532. The molecule has 22 heavy (non-hydrogen) atoms. The Hall–Kier alpha value is -1.31. The molecular weight excluding hydrogens is 308 g/mol. The second kappa shape index (κ2) is 7.30. The Morgan fingerprint density at radius 3 is 2.00 bits per heavy atom. The van der Waals surface area contributed by atoms with Gasteiger partial charge in [-0.1, -0.05) is 0 Å². The van der Waals surface area contributed by atoms with Crippen molar-refractivity contribution >= 4 is 21.8 Å². The van der Waals surface area contributed by atoms with Gasteiger partial charge < -0.3 is 14.5 Å². The van der Waals surface area contributed by atoms with Gasteiger partial charge in [-0.05, 0) is 27.2 Å². The number of rotatable bonds is 4. The lowest BCUT2D eigenvalue weighted by atomic mass is 10.2. The fraction of sp³-hybridized carbons (Fsp3) is 0.857. The van der Waals surface area contributed by atoms with Gasteiger partial charge in [0.05, 0.1) is 5.75 Å². The number of carbonyl (C=O) groups is 2. The fourth-order valence-electron chi connectivity index (χ4n) is 2.11. The Morgan fingerprint density at radius 2 is 1.55 bits per heavy atom. The molecule has 0 N–H and O–H groups in total. The highest BCUT2D eigenvalue weighted by molar-refractivity contribution is 7.90. The van der Waals surface area contributed by atoms with Gasteiger partial charge in [0, 0.05) is 38.9 Å². The summed E-state index contributed by atoms with van der Waals surface area (Å²) < 4.78 is 27.4. The first-order valence-corrected chi connectivity index (χ1v) is 9.47. The number of piperazine rings is 1. The van der Waals surface area contributed by atoms with E-state index in [-0.39, 0.29) is 24.2 Å². The van der Waals surface area contributed by atoms with Crippen molar-refractivity contribution in [2.45, 2.75) is 39.2 Å². The third-order valence-electron chi connectivity index (χ3n) is 3.19. The number of ether oxygens (including phenoxy) is 1. The molecule has 7 nitrogen and oxygen atoms in total. The molecule has 0 radical (unpaired) electrons. The van der Waals surface area contributed by atoms with Gasteiger partial charge >= 0.3 is 6.09 Å². The Morgan fingerprint density at radius 1 is 1.05 bits per heavy atom. The number of amides is 2. The summed E-state index contributed by atoms with van der Waals surface area (Å²) in [6.45, 7) is 7.22. The molecule has 0 aromatic rings. The molecular formula is C14H26N2O5S. The largest absolute Gasteiger partial charge is 0.444 e. The van der Waals surface area contributed by atoms with Crippen molar-refractivity contribution in [3.05, 3.63) is 0 Å². The van der Waals surface area contributed by atoms with Crippen LogP contribution in [0, 0.1) is 0 Å². The van der Waals surface area contributed by atoms with Crippen molar-refractivity contribution in [3.63, 3.8) is 0 Å². The molecule has 0 unspecified atom stereocenters. The lowest BCUT2D eigenvalue weighted by Gasteiger charge is -2.35. The minimum Gasteiger partial charge on any atom is -0.444 e. The minimum atomic E-state index is -3.03. The van der Waals surface area contributed by atoms with E-state index < -0.39 is 15.4 Å². The molecule has 128 valence electrons. The second-order valence-corrected chi connectivity index (χ2v) is 8.84. The van der Waals surface area contributed by atoms with Crippen molar-refractivity contribution < 1.29 is 22.7 Å². The average Bonchev–Trinajstić information content (AvgIpc) is 2.35. The van der Waals surface area contributed by atoms with Crippen molar-refractivity contribution in [2.75, 3.05) is 38.2 Å². The number of sulfone groups is 1. The molecule has 1 saturated heterocycles. The SMILES string of the molecule is CC(C)(C)OC(=O)N1CCN(C(=O)CCCS(C)(=O)=O)CC1. The van der Waals surface area contributed by atoms with Gasteiger partial charge in [-0.15, -0.1) is 0 Å². The summed E-state index contributed by atoms with van der Waals surface area (Å²) in [6.07, 6.45) is 1.36. The second-order valence-electron chi connectivity index (χ2n) is 6.58. The molecule has 0 aromatic carbocycles. The summed E-state index contributed by atoms with van der Waals surface area (Å²) >= 11 is 0. The van der Waals surface area contributed by atoms with Crippen molar-refractivity contribution in [1.29, 1.82) is 0 Å². The van der Waals surface area contributed by atoms with Crippen LogP contribution in [0.3, 0.4) is 0 Å². The van der Waals surface area contributed by atoms with E-state index in [1.165, 1.54) is 0 Å². The lowest BCUT2D eigenvalue weighted by molar-refractivity contribution is -0.132. The van der Waals surface area contributed by atoms with Gasteiger partial charge in [-0.2, -0.15) is 0 Å². The molecule has 8 heteroatoms.